The van der Waals surface area contributed by atoms with E-state index in [2.05, 4.69) is 15.3 Å². The minimum Gasteiger partial charge on any atom is -0.494 e. The summed E-state index contributed by atoms with van der Waals surface area (Å²) < 4.78 is 31.0. The van der Waals surface area contributed by atoms with Gasteiger partial charge in [0.15, 0.2) is 5.16 Å². The van der Waals surface area contributed by atoms with Gasteiger partial charge in [-0.15, -0.1) is 11.3 Å². The van der Waals surface area contributed by atoms with Gasteiger partial charge >= 0.3 is 0 Å². The summed E-state index contributed by atoms with van der Waals surface area (Å²) in [5, 5.41) is 2.94. The molecule has 0 aliphatic rings. The third-order valence-electron chi connectivity index (χ3n) is 3.65. The van der Waals surface area contributed by atoms with E-state index in [1.54, 1.807) is 24.3 Å². The van der Waals surface area contributed by atoms with E-state index in [0.717, 1.165) is 29.3 Å². The Morgan fingerprint density at radius 3 is 2.60 bits per heavy atom. The lowest BCUT2D eigenvalue weighted by Gasteiger charge is -2.08. The van der Waals surface area contributed by atoms with Crippen molar-refractivity contribution < 1.29 is 17.9 Å². The van der Waals surface area contributed by atoms with Crippen LogP contribution in [0.5, 0.6) is 5.75 Å². The standard InChI is InChI=1S/C18H17ClN4O4S3/c1-2-27-12-5-3-11(4-6-12)22-15(24)10-28-18-21-9-13(17(20)23-18)30(25,26)16-8-7-14(19)29-16/h3-9H,2,10H2,1H3,(H,22,24)(H2,20,21,23). The van der Waals surface area contributed by atoms with Crippen LogP contribution in [0.2, 0.25) is 4.34 Å². The Hall–Kier alpha value is -2.34. The summed E-state index contributed by atoms with van der Waals surface area (Å²) in [5.74, 6) is 0.285. The predicted molar refractivity (Wildman–Crippen MR) is 118 cm³/mol. The molecule has 0 aliphatic heterocycles. The number of sulfone groups is 1. The van der Waals surface area contributed by atoms with Crippen molar-refractivity contribution in [3.63, 3.8) is 0 Å². The smallest absolute Gasteiger partial charge is 0.234 e. The molecule has 12 heteroatoms. The molecule has 0 bridgehead atoms. The van der Waals surface area contributed by atoms with E-state index in [0.29, 0.717) is 22.4 Å². The third kappa shape index (κ3) is 5.42. The topological polar surface area (TPSA) is 124 Å². The molecule has 3 rings (SSSR count). The summed E-state index contributed by atoms with van der Waals surface area (Å²) in [5.41, 5.74) is 6.46. The molecule has 0 saturated carbocycles. The fraction of sp³-hybridized carbons (Fsp3) is 0.167. The first-order chi connectivity index (χ1) is 14.3. The normalized spacial score (nSPS) is 11.3. The summed E-state index contributed by atoms with van der Waals surface area (Å²) in [7, 11) is -3.86. The predicted octanol–water partition coefficient (Wildman–Crippen LogP) is 3.74. The Bertz CT molecular complexity index is 1150. The maximum absolute atomic E-state index is 12.6. The number of nitrogens with zero attached hydrogens (tertiary/aromatic N) is 2. The number of carbonyl (C=O) groups is 1. The van der Waals surface area contributed by atoms with E-state index in [9.17, 15) is 13.2 Å². The highest BCUT2D eigenvalue weighted by molar-refractivity contribution is 7.99. The summed E-state index contributed by atoms with van der Waals surface area (Å²) in [6, 6.07) is 9.88. The van der Waals surface area contributed by atoms with E-state index >= 15 is 0 Å². The lowest BCUT2D eigenvalue weighted by atomic mass is 10.3. The molecule has 2 aromatic heterocycles. The highest BCUT2D eigenvalue weighted by Crippen LogP contribution is 2.32. The summed E-state index contributed by atoms with van der Waals surface area (Å²) >= 11 is 7.78. The SMILES string of the molecule is CCOc1ccc(NC(=O)CSc2ncc(S(=O)(=O)c3ccc(Cl)s3)c(N)n2)cc1. The minimum atomic E-state index is -3.86. The van der Waals surface area contributed by atoms with Gasteiger partial charge in [-0.2, -0.15) is 0 Å². The zero-order chi connectivity index (χ0) is 21.7. The number of thiophene rings is 1. The monoisotopic (exact) mass is 484 g/mol. The number of hydrogen-bond acceptors (Lipinski definition) is 9. The molecule has 1 aromatic carbocycles. The van der Waals surface area contributed by atoms with Crippen LogP contribution in [0.4, 0.5) is 11.5 Å². The van der Waals surface area contributed by atoms with Gasteiger partial charge < -0.3 is 15.8 Å². The number of amides is 1. The Morgan fingerprint density at radius 2 is 2.00 bits per heavy atom. The van der Waals surface area contributed by atoms with Crippen molar-refractivity contribution >= 4 is 61.9 Å². The van der Waals surface area contributed by atoms with Crippen molar-refractivity contribution in [2.45, 2.75) is 21.2 Å². The van der Waals surface area contributed by atoms with Crippen LogP contribution < -0.4 is 15.8 Å². The van der Waals surface area contributed by atoms with Crippen LogP contribution in [0.3, 0.4) is 0 Å². The molecule has 0 spiro atoms. The molecule has 0 fully saturated rings. The fourth-order valence-corrected chi connectivity index (χ4v) is 5.81. The number of thioether (sulfide) groups is 1. The number of benzene rings is 1. The molecule has 30 heavy (non-hydrogen) atoms. The van der Waals surface area contributed by atoms with Gasteiger partial charge in [0.25, 0.3) is 0 Å². The number of anilines is 2. The molecule has 1 amide bonds. The Labute approximate surface area is 186 Å². The zero-order valence-electron chi connectivity index (χ0n) is 15.7. The number of aromatic nitrogens is 2. The molecule has 0 aliphatic carbocycles. The number of nitrogen functional groups attached to an aromatic ring is 1. The molecule has 0 saturated heterocycles. The van der Waals surface area contributed by atoms with Crippen LogP contribution in [0.15, 0.2) is 56.9 Å². The van der Waals surface area contributed by atoms with Crippen molar-refractivity contribution in [1.29, 1.82) is 0 Å². The quantitative estimate of drug-likeness (QED) is 0.366. The van der Waals surface area contributed by atoms with Crippen molar-refractivity contribution in [2.24, 2.45) is 0 Å². The number of nitrogens with two attached hydrogens (primary N) is 1. The third-order valence-corrected chi connectivity index (χ3v) is 8.00. The van der Waals surface area contributed by atoms with Crippen LogP contribution in [-0.2, 0) is 14.6 Å². The molecule has 0 radical (unpaired) electrons. The van der Waals surface area contributed by atoms with Gasteiger partial charge in [0, 0.05) is 5.69 Å². The summed E-state index contributed by atoms with van der Waals surface area (Å²) in [6.07, 6.45) is 1.14. The second-order valence-electron chi connectivity index (χ2n) is 5.76. The van der Waals surface area contributed by atoms with Gasteiger partial charge in [-0.25, -0.2) is 18.4 Å². The van der Waals surface area contributed by atoms with E-state index < -0.39 is 9.84 Å². The molecular formula is C18H17ClN4O4S3. The van der Waals surface area contributed by atoms with Crippen LogP contribution >= 0.6 is 34.7 Å². The summed E-state index contributed by atoms with van der Waals surface area (Å²) in [4.78, 5) is 20.0. The Kier molecular flexibility index (Phi) is 7.19. The van der Waals surface area contributed by atoms with Crippen LogP contribution in [0.25, 0.3) is 0 Å². The number of halogens is 1. The zero-order valence-corrected chi connectivity index (χ0v) is 18.9. The average molecular weight is 485 g/mol. The first-order valence-electron chi connectivity index (χ1n) is 8.58. The van der Waals surface area contributed by atoms with Crippen LogP contribution in [-0.4, -0.2) is 36.7 Å². The van der Waals surface area contributed by atoms with E-state index in [4.69, 9.17) is 22.1 Å². The molecule has 8 nitrogen and oxygen atoms in total. The number of carbonyl (C=O) groups excluding carboxylic acids is 1. The highest BCUT2D eigenvalue weighted by Gasteiger charge is 2.24. The maximum Gasteiger partial charge on any atom is 0.234 e. The largest absolute Gasteiger partial charge is 0.494 e. The first-order valence-corrected chi connectivity index (χ1v) is 12.2. The van der Waals surface area contributed by atoms with Gasteiger partial charge in [-0.1, -0.05) is 23.4 Å². The highest BCUT2D eigenvalue weighted by atomic mass is 35.5. The number of rotatable bonds is 8. The van der Waals surface area contributed by atoms with Crippen LogP contribution in [0.1, 0.15) is 6.92 Å². The number of nitrogens with one attached hydrogen (secondary N) is 1. The van der Waals surface area contributed by atoms with Crippen molar-refractivity contribution in [1.82, 2.24) is 9.97 Å². The van der Waals surface area contributed by atoms with Gasteiger partial charge in [-0.3, -0.25) is 4.79 Å². The summed E-state index contributed by atoms with van der Waals surface area (Å²) in [6.45, 7) is 2.45. The van der Waals surface area contributed by atoms with E-state index in [-0.39, 0.29) is 31.7 Å². The Morgan fingerprint density at radius 1 is 1.27 bits per heavy atom. The number of hydrogen-bond donors (Lipinski definition) is 2. The average Bonchev–Trinajstić information content (AvgIpc) is 3.15. The van der Waals surface area contributed by atoms with Gasteiger partial charge in [0.1, 0.15) is 20.7 Å². The molecule has 0 unspecified atom stereocenters. The lowest BCUT2D eigenvalue weighted by molar-refractivity contribution is -0.113. The van der Waals surface area contributed by atoms with Crippen molar-refractivity contribution in [2.75, 3.05) is 23.4 Å². The lowest BCUT2D eigenvalue weighted by Crippen LogP contribution is -2.14. The molecule has 3 N–H and O–H groups in total. The molecule has 2 heterocycles. The molecule has 3 aromatic rings. The number of ether oxygens (including phenoxy) is 1. The maximum atomic E-state index is 12.6. The Balaban J connectivity index is 1.62. The van der Waals surface area contributed by atoms with Crippen LogP contribution in [0, 0.1) is 0 Å². The second-order valence-corrected chi connectivity index (χ2v) is 10.6. The molecule has 0 atom stereocenters. The molecular weight excluding hydrogens is 468 g/mol. The minimum absolute atomic E-state index is 0.0271. The van der Waals surface area contributed by atoms with Crippen molar-refractivity contribution in [3.8, 4) is 5.75 Å². The van der Waals surface area contributed by atoms with E-state index in [1.807, 2.05) is 6.92 Å². The van der Waals surface area contributed by atoms with Crippen molar-refractivity contribution in [3.05, 3.63) is 46.9 Å². The van der Waals surface area contributed by atoms with Gasteiger partial charge in [-0.05, 0) is 43.3 Å². The van der Waals surface area contributed by atoms with Gasteiger partial charge in [0.05, 0.1) is 22.9 Å². The second kappa shape index (κ2) is 9.65. The fourth-order valence-electron chi connectivity index (χ4n) is 2.32. The van der Waals surface area contributed by atoms with Gasteiger partial charge in [0.2, 0.25) is 15.7 Å². The van der Waals surface area contributed by atoms with E-state index in [1.165, 1.54) is 12.1 Å². The molecule has 158 valence electrons. The first kappa shape index (κ1) is 22.3.